The van der Waals surface area contributed by atoms with Crippen LogP contribution in [0.1, 0.15) is 16.1 Å². The first kappa shape index (κ1) is 17.6. The molecule has 0 radical (unpaired) electrons. The summed E-state index contributed by atoms with van der Waals surface area (Å²) in [6.07, 6.45) is 2.16. The van der Waals surface area contributed by atoms with Gasteiger partial charge in [-0.05, 0) is 23.6 Å². The van der Waals surface area contributed by atoms with E-state index in [0.29, 0.717) is 41.3 Å². The molecular weight excluding hydrogens is 393 g/mol. The molecule has 5 rings (SSSR count). The summed E-state index contributed by atoms with van der Waals surface area (Å²) in [5, 5.41) is 8.90. The molecule has 0 aliphatic carbocycles. The van der Waals surface area contributed by atoms with Crippen LogP contribution in [-0.2, 0) is 6.42 Å². The summed E-state index contributed by atoms with van der Waals surface area (Å²) >= 11 is 1.52. The molecule has 0 saturated carbocycles. The minimum Gasteiger partial charge on any atom is -0.492 e. The van der Waals surface area contributed by atoms with Gasteiger partial charge in [0.1, 0.15) is 16.9 Å². The van der Waals surface area contributed by atoms with E-state index < -0.39 is 5.82 Å². The summed E-state index contributed by atoms with van der Waals surface area (Å²) in [6.45, 7) is 0.548. The molecule has 0 fully saturated rings. The van der Waals surface area contributed by atoms with Crippen molar-refractivity contribution in [3.8, 4) is 17.1 Å². The molecule has 1 amide bonds. The van der Waals surface area contributed by atoms with Crippen molar-refractivity contribution < 1.29 is 13.9 Å². The lowest BCUT2D eigenvalue weighted by Crippen LogP contribution is -2.31. The highest BCUT2D eigenvalue weighted by Gasteiger charge is 2.29. The highest BCUT2D eigenvalue weighted by molar-refractivity contribution is 7.16. The molecule has 9 heteroatoms. The number of amides is 1. The van der Waals surface area contributed by atoms with Crippen LogP contribution in [0.5, 0.6) is 5.75 Å². The van der Waals surface area contributed by atoms with Crippen molar-refractivity contribution in [3.05, 3.63) is 53.0 Å². The number of ether oxygens (including phenoxy) is 1. The number of benzene rings is 1. The first-order valence-electron chi connectivity index (χ1n) is 8.98. The fourth-order valence-electron chi connectivity index (χ4n) is 3.62. The number of halogens is 1. The van der Waals surface area contributed by atoms with Gasteiger partial charge in [-0.2, -0.15) is 0 Å². The van der Waals surface area contributed by atoms with Gasteiger partial charge in [-0.15, -0.1) is 11.3 Å². The minimum atomic E-state index is -0.491. The zero-order valence-corrected chi connectivity index (χ0v) is 16.2. The Balaban J connectivity index is 1.74. The number of nitrogens with one attached hydrogen (secondary N) is 3. The minimum absolute atomic E-state index is 0.0768. The fraction of sp³-hybridized carbons (Fsp3) is 0.150. The third-order valence-corrected chi connectivity index (χ3v) is 5.72. The first-order chi connectivity index (χ1) is 14.2. The van der Waals surface area contributed by atoms with Crippen molar-refractivity contribution in [2.75, 3.05) is 19.0 Å². The number of para-hydroxylation sites is 1. The Hall–Kier alpha value is -3.46. The number of fused-ring (bicyclic) bond motifs is 2. The number of carbonyl (C=O) groups excluding carboxylic acids is 1. The van der Waals surface area contributed by atoms with Gasteiger partial charge in [0, 0.05) is 24.0 Å². The predicted molar refractivity (Wildman–Crippen MR) is 109 cm³/mol. The molecule has 0 unspecified atom stereocenters. The van der Waals surface area contributed by atoms with Crippen LogP contribution < -0.4 is 15.4 Å². The maximum Gasteiger partial charge on any atom is 0.255 e. The van der Waals surface area contributed by atoms with Crippen molar-refractivity contribution in [3.63, 3.8) is 0 Å². The van der Waals surface area contributed by atoms with Crippen molar-refractivity contribution in [2.45, 2.75) is 6.42 Å². The zero-order valence-electron chi connectivity index (χ0n) is 15.4. The van der Waals surface area contributed by atoms with Crippen LogP contribution in [0.4, 0.5) is 15.8 Å². The summed E-state index contributed by atoms with van der Waals surface area (Å²) in [5.74, 6) is -0.606. The summed E-state index contributed by atoms with van der Waals surface area (Å²) in [5.41, 5.74) is 3.60. The second-order valence-electron chi connectivity index (χ2n) is 6.54. The van der Waals surface area contributed by atoms with Gasteiger partial charge in [-0.1, -0.05) is 6.07 Å². The number of nitrogens with zero attached hydrogens (tertiary/aromatic N) is 2. The van der Waals surface area contributed by atoms with E-state index in [-0.39, 0.29) is 11.7 Å². The zero-order chi connectivity index (χ0) is 20.0. The molecule has 1 aliphatic heterocycles. The van der Waals surface area contributed by atoms with Gasteiger partial charge >= 0.3 is 0 Å². The van der Waals surface area contributed by atoms with Crippen LogP contribution in [0.15, 0.2) is 36.0 Å². The molecule has 0 spiro atoms. The number of hydrogen-bond acceptors (Lipinski definition) is 6. The topological polar surface area (TPSA) is 91.9 Å². The summed E-state index contributed by atoms with van der Waals surface area (Å²) < 4.78 is 19.4. The molecule has 0 atom stereocenters. The van der Waals surface area contributed by atoms with Gasteiger partial charge in [0.2, 0.25) is 0 Å². The van der Waals surface area contributed by atoms with Crippen LogP contribution in [0.3, 0.4) is 0 Å². The van der Waals surface area contributed by atoms with E-state index in [1.165, 1.54) is 30.8 Å². The first-order valence-corrected chi connectivity index (χ1v) is 9.86. The van der Waals surface area contributed by atoms with Crippen molar-refractivity contribution in [2.24, 2.45) is 0 Å². The Labute approximate surface area is 169 Å². The maximum atomic E-state index is 14.2. The SMILES string of the molecule is COc1c(F)cccc1Nc1c(-c2ncnc3sccc23)[nH]c2c1C(=O)NCC2. The largest absolute Gasteiger partial charge is 0.492 e. The molecule has 7 nitrogen and oxygen atoms in total. The summed E-state index contributed by atoms with van der Waals surface area (Å²) in [7, 11) is 1.41. The Morgan fingerprint density at radius 1 is 1.28 bits per heavy atom. The predicted octanol–water partition coefficient (Wildman–Crippen LogP) is 3.86. The van der Waals surface area contributed by atoms with Crippen LogP contribution in [0.2, 0.25) is 0 Å². The van der Waals surface area contributed by atoms with Crippen molar-refractivity contribution >= 4 is 38.8 Å². The van der Waals surface area contributed by atoms with Gasteiger partial charge in [-0.25, -0.2) is 14.4 Å². The summed E-state index contributed by atoms with van der Waals surface area (Å²) in [6, 6.07) is 6.55. The number of H-pyrrole nitrogens is 1. The lowest BCUT2D eigenvalue weighted by Gasteiger charge is -2.16. The quantitative estimate of drug-likeness (QED) is 0.476. The number of hydrogen-bond donors (Lipinski definition) is 3. The van der Waals surface area contributed by atoms with Gasteiger partial charge in [-0.3, -0.25) is 4.79 Å². The third kappa shape index (κ3) is 2.82. The Morgan fingerprint density at radius 3 is 3.03 bits per heavy atom. The molecule has 29 heavy (non-hydrogen) atoms. The van der Waals surface area contributed by atoms with E-state index in [9.17, 15) is 9.18 Å². The van der Waals surface area contributed by atoms with Gasteiger partial charge in [0.25, 0.3) is 5.91 Å². The molecule has 1 aliphatic rings. The van der Waals surface area contributed by atoms with E-state index in [4.69, 9.17) is 4.74 Å². The Bertz CT molecular complexity index is 1250. The molecule has 0 bridgehead atoms. The van der Waals surface area contributed by atoms with Crippen LogP contribution in [0, 0.1) is 5.82 Å². The molecule has 1 aromatic carbocycles. The monoisotopic (exact) mass is 409 g/mol. The molecule has 4 aromatic rings. The molecule has 3 N–H and O–H groups in total. The fourth-order valence-corrected chi connectivity index (χ4v) is 4.35. The maximum absolute atomic E-state index is 14.2. The lowest BCUT2D eigenvalue weighted by atomic mass is 10.1. The third-order valence-electron chi connectivity index (χ3n) is 4.89. The second-order valence-corrected chi connectivity index (χ2v) is 7.44. The molecule has 4 heterocycles. The standard InChI is InChI=1S/C20H16FN5O2S/c1-28-18-11(21)3-2-4-13(18)26-16-14-12(5-7-22-19(14)27)25-17(16)15-10-6-8-29-20(10)24-9-23-15/h2-4,6,8-9,25-26H,5,7H2,1H3,(H,22,27). The van der Waals surface area contributed by atoms with E-state index >= 15 is 0 Å². The van der Waals surface area contributed by atoms with Crippen LogP contribution in [0.25, 0.3) is 21.6 Å². The number of anilines is 2. The van der Waals surface area contributed by atoms with Crippen LogP contribution >= 0.6 is 11.3 Å². The Kier molecular flexibility index (Phi) is 4.17. The Morgan fingerprint density at radius 2 is 2.17 bits per heavy atom. The average molecular weight is 409 g/mol. The molecule has 3 aromatic heterocycles. The molecule has 0 saturated heterocycles. The number of aromatic amines is 1. The van der Waals surface area contributed by atoms with E-state index in [1.807, 2.05) is 11.4 Å². The number of methoxy groups -OCH3 is 1. The highest BCUT2D eigenvalue weighted by atomic mass is 32.1. The normalized spacial score (nSPS) is 13.2. The molecule has 146 valence electrons. The number of aromatic nitrogens is 3. The van der Waals surface area contributed by atoms with E-state index in [0.717, 1.165) is 15.9 Å². The van der Waals surface area contributed by atoms with Crippen molar-refractivity contribution in [1.29, 1.82) is 0 Å². The highest BCUT2D eigenvalue weighted by Crippen LogP contribution is 2.40. The average Bonchev–Trinajstić information content (AvgIpc) is 3.34. The van der Waals surface area contributed by atoms with Gasteiger partial charge in [0.05, 0.1) is 29.7 Å². The van der Waals surface area contributed by atoms with E-state index in [2.05, 4.69) is 25.6 Å². The number of rotatable bonds is 4. The summed E-state index contributed by atoms with van der Waals surface area (Å²) in [4.78, 5) is 25.6. The number of thiophene rings is 1. The van der Waals surface area contributed by atoms with Gasteiger partial charge < -0.3 is 20.4 Å². The lowest BCUT2D eigenvalue weighted by molar-refractivity contribution is 0.0947. The second kappa shape index (κ2) is 6.85. The van der Waals surface area contributed by atoms with E-state index in [1.54, 1.807) is 12.1 Å². The molecular formula is C20H16FN5O2S. The smallest absolute Gasteiger partial charge is 0.255 e. The van der Waals surface area contributed by atoms with Crippen molar-refractivity contribution in [1.82, 2.24) is 20.3 Å². The van der Waals surface area contributed by atoms with Crippen LogP contribution in [-0.4, -0.2) is 34.5 Å². The van der Waals surface area contributed by atoms with Gasteiger partial charge in [0.15, 0.2) is 11.6 Å². The number of carbonyl (C=O) groups is 1.